The second-order valence-corrected chi connectivity index (χ2v) is 6.76. The van der Waals surface area contributed by atoms with Crippen LogP contribution in [0.1, 0.15) is 36.3 Å². The first-order valence-electron chi connectivity index (χ1n) is 8.83. The van der Waals surface area contributed by atoms with Gasteiger partial charge in [-0.15, -0.1) is 24.8 Å². The molecular formula is C20H28Cl2N4O3. The van der Waals surface area contributed by atoms with E-state index >= 15 is 0 Å². The van der Waals surface area contributed by atoms with E-state index in [4.69, 9.17) is 10.5 Å². The number of hydrogen-bond donors (Lipinski definition) is 3. The van der Waals surface area contributed by atoms with E-state index < -0.39 is 6.04 Å². The molecule has 0 saturated carbocycles. The minimum Gasteiger partial charge on any atom is -0.457 e. The highest BCUT2D eigenvalue weighted by Crippen LogP contribution is 2.28. The maximum absolute atomic E-state index is 12.2. The zero-order valence-corrected chi connectivity index (χ0v) is 18.5. The quantitative estimate of drug-likeness (QED) is 0.605. The summed E-state index contributed by atoms with van der Waals surface area (Å²) in [7, 11) is 1.54. The molecular weight excluding hydrogens is 415 g/mol. The van der Waals surface area contributed by atoms with Gasteiger partial charge in [0, 0.05) is 31.1 Å². The van der Waals surface area contributed by atoms with Crippen LogP contribution in [0.2, 0.25) is 0 Å². The molecule has 1 atom stereocenters. The summed E-state index contributed by atoms with van der Waals surface area (Å²) in [6.07, 6.45) is 2.12. The van der Waals surface area contributed by atoms with Crippen molar-refractivity contribution in [1.82, 2.24) is 10.3 Å². The number of nitrogens with two attached hydrogens (primary N) is 1. The number of benzene rings is 1. The number of amides is 2. The minimum absolute atomic E-state index is 0. The van der Waals surface area contributed by atoms with Crippen LogP contribution in [0.4, 0.5) is 5.69 Å². The SMILES string of the molecule is CNC(=O)c1cc(Oc2cc(NC(=O)[C@@H](N)CC(C)C)ccc2C)ccn1.Cl.Cl. The van der Waals surface area contributed by atoms with Gasteiger partial charge in [-0.25, -0.2) is 0 Å². The maximum Gasteiger partial charge on any atom is 0.269 e. The van der Waals surface area contributed by atoms with E-state index in [0.717, 1.165) is 5.56 Å². The topological polar surface area (TPSA) is 106 Å². The van der Waals surface area contributed by atoms with E-state index in [1.54, 1.807) is 24.3 Å². The van der Waals surface area contributed by atoms with Crippen LogP contribution in [0.15, 0.2) is 36.5 Å². The largest absolute Gasteiger partial charge is 0.457 e. The number of anilines is 1. The lowest BCUT2D eigenvalue weighted by molar-refractivity contribution is -0.117. The Labute approximate surface area is 183 Å². The molecule has 160 valence electrons. The van der Waals surface area contributed by atoms with Crippen LogP contribution in [0, 0.1) is 12.8 Å². The molecule has 2 aromatic rings. The fraction of sp³-hybridized carbons (Fsp3) is 0.350. The molecule has 1 heterocycles. The molecule has 0 unspecified atom stereocenters. The lowest BCUT2D eigenvalue weighted by atomic mass is 10.0. The highest BCUT2D eigenvalue weighted by Gasteiger charge is 2.16. The van der Waals surface area contributed by atoms with E-state index in [9.17, 15) is 9.59 Å². The van der Waals surface area contributed by atoms with Crippen LogP contribution in [-0.2, 0) is 4.79 Å². The standard InChI is InChI=1S/C20H26N4O3.2ClH/c1-12(2)9-16(21)19(25)24-14-6-5-13(3)18(10-14)27-15-7-8-23-17(11-15)20(26)22-4;;/h5-8,10-12,16H,9,21H2,1-4H3,(H,22,26)(H,24,25);2*1H/t16-;;/m0../s1. The van der Waals surface area contributed by atoms with Crippen molar-refractivity contribution < 1.29 is 14.3 Å². The fourth-order valence-electron chi connectivity index (χ4n) is 2.49. The lowest BCUT2D eigenvalue weighted by Gasteiger charge is -2.15. The number of hydrogen-bond acceptors (Lipinski definition) is 5. The first-order valence-corrected chi connectivity index (χ1v) is 8.83. The third-order valence-electron chi connectivity index (χ3n) is 3.94. The summed E-state index contributed by atoms with van der Waals surface area (Å²) < 4.78 is 5.89. The van der Waals surface area contributed by atoms with Crippen LogP contribution in [0.3, 0.4) is 0 Å². The Kier molecular flexibility index (Phi) is 11.3. The number of nitrogens with one attached hydrogen (secondary N) is 2. The predicted octanol–water partition coefficient (Wildman–Crippen LogP) is 3.70. The van der Waals surface area contributed by atoms with Crippen molar-refractivity contribution in [3.63, 3.8) is 0 Å². The summed E-state index contributed by atoms with van der Waals surface area (Å²) in [6.45, 7) is 5.94. The molecule has 0 radical (unpaired) electrons. The minimum atomic E-state index is -0.564. The van der Waals surface area contributed by atoms with Crippen molar-refractivity contribution in [3.05, 3.63) is 47.8 Å². The molecule has 9 heteroatoms. The number of pyridine rings is 1. The number of aryl methyl sites for hydroxylation is 1. The van der Waals surface area contributed by atoms with Gasteiger partial charge in [-0.3, -0.25) is 14.6 Å². The third kappa shape index (κ3) is 7.89. The summed E-state index contributed by atoms with van der Waals surface area (Å²) >= 11 is 0. The second-order valence-electron chi connectivity index (χ2n) is 6.76. The first-order chi connectivity index (χ1) is 12.8. The Morgan fingerprint density at radius 3 is 2.48 bits per heavy atom. The zero-order valence-electron chi connectivity index (χ0n) is 16.9. The average Bonchev–Trinajstić information content (AvgIpc) is 2.63. The molecule has 0 aliphatic rings. The van der Waals surface area contributed by atoms with E-state index in [2.05, 4.69) is 15.6 Å². The molecule has 7 nitrogen and oxygen atoms in total. The van der Waals surface area contributed by atoms with Crippen molar-refractivity contribution in [3.8, 4) is 11.5 Å². The van der Waals surface area contributed by atoms with Crippen LogP contribution in [0.5, 0.6) is 11.5 Å². The number of halogens is 2. The highest BCUT2D eigenvalue weighted by atomic mass is 35.5. The van der Waals surface area contributed by atoms with Crippen molar-refractivity contribution >= 4 is 42.3 Å². The van der Waals surface area contributed by atoms with Crippen molar-refractivity contribution in [2.45, 2.75) is 33.2 Å². The molecule has 2 rings (SSSR count). The summed E-state index contributed by atoms with van der Waals surface area (Å²) in [6, 6.07) is 8.03. The number of carbonyl (C=O) groups excluding carboxylic acids is 2. The summed E-state index contributed by atoms with van der Waals surface area (Å²) in [5, 5.41) is 5.34. The highest BCUT2D eigenvalue weighted by molar-refractivity contribution is 5.95. The number of aromatic nitrogens is 1. The van der Waals surface area contributed by atoms with Gasteiger partial charge in [0.2, 0.25) is 5.91 Å². The Bertz CT molecular complexity index is 831. The second kappa shape index (κ2) is 12.3. The number of carbonyl (C=O) groups is 2. The molecule has 0 saturated heterocycles. The van der Waals surface area contributed by atoms with Crippen LogP contribution in [0.25, 0.3) is 0 Å². The Balaban J connectivity index is 0.00000392. The number of ether oxygens (including phenoxy) is 1. The molecule has 2 amide bonds. The van der Waals surface area contributed by atoms with Crippen LogP contribution in [-0.4, -0.2) is 29.9 Å². The molecule has 0 aliphatic heterocycles. The Morgan fingerprint density at radius 1 is 1.17 bits per heavy atom. The molecule has 0 bridgehead atoms. The smallest absolute Gasteiger partial charge is 0.269 e. The van der Waals surface area contributed by atoms with Gasteiger partial charge in [0.15, 0.2) is 0 Å². The molecule has 0 spiro atoms. The number of nitrogens with zero attached hydrogens (tertiary/aromatic N) is 1. The van der Waals surface area contributed by atoms with E-state index in [0.29, 0.717) is 29.5 Å². The van der Waals surface area contributed by atoms with E-state index in [1.165, 1.54) is 13.2 Å². The molecule has 0 fully saturated rings. The fourth-order valence-corrected chi connectivity index (χ4v) is 2.49. The monoisotopic (exact) mass is 442 g/mol. The summed E-state index contributed by atoms with van der Waals surface area (Å²) in [5.41, 5.74) is 7.67. The zero-order chi connectivity index (χ0) is 20.0. The molecule has 29 heavy (non-hydrogen) atoms. The van der Waals surface area contributed by atoms with Gasteiger partial charge < -0.3 is 21.1 Å². The molecule has 4 N–H and O–H groups in total. The van der Waals surface area contributed by atoms with Gasteiger partial charge in [0.25, 0.3) is 5.91 Å². The van der Waals surface area contributed by atoms with Crippen molar-refractivity contribution in [1.29, 1.82) is 0 Å². The van der Waals surface area contributed by atoms with E-state index in [1.807, 2.05) is 26.8 Å². The Hall–Kier alpha value is -2.35. The van der Waals surface area contributed by atoms with E-state index in [-0.39, 0.29) is 42.3 Å². The van der Waals surface area contributed by atoms with Gasteiger partial charge in [-0.1, -0.05) is 19.9 Å². The van der Waals surface area contributed by atoms with Gasteiger partial charge >= 0.3 is 0 Å². The van der Waals surface area contributed by atoms with Gasteiger partial charge in [-0.2, -0.15) is 0 Å². The van der Waals surface area contributed by atoms with Gasteiger partial charge in [0.05, 0.1) is 6.04 Å². The van der Waals surface area contributed by atoms with Crippen molar-refractivity contribution in [2.24, 2.45) is 11.7 Å². The Morgan fingerprint density at radius 2 is 1.86 bits per heavy atom. The summed E-state index contributed by atoms with van der Waals surface area (Å²) in [4.78, 5) is 27.9. The maximum atomic E-state index is 12.2. The van der Waals surface area contributed by atoms with Gasteiger partial charge in [0.1, 0.15) is 17.2 Å². The molecule has 1 aromatic carbocycles. The van der Waals surface area contributed by atoms with Crippen LogP contribution < -0.4 is 21.1 Å². The normalized spacial score (nSPS) is 11.0. The van der Waals surface area contributed by atoms with Gasteiger partial charge in [-0.05, 0) is 37.0 Å². The number of rotatable bonds is 7. The average molecular weight is 443 g/mol. The molecule has 1 aromatic heterocycles. The summed E-state index contributed by atoms with van der Waals surface area (Å²) in [5.74, 6) is 0.858. The molecule has 0 aliphatic carbocycles. The van der Waals surface area contributed by atoms with Crippen molar-refractivity contribution in [2.75, 3.05) is 12.4 Å². The lowest BCUT2D eigenvalue weighted by Crippen LogP contribution is -2.36. The predicted molar refractivity (Wildman–Crippen MR) is 119 cm³/mol. The van der Waals surface area contributed by atoms with Crippen LogP contribution >= 0.6 is 24.8 Å². The third-order valence-corrected chi connectivity index (χ3v) is 3.94. The first kappa shape index (κ1) is 26.6.